The van der Waals surface area contributed by atoms with Crippen LogP contribution in [0.1, 0.15) is 18.1 Å². The molecule has 1 aromatic rings. The Morgan fingerprint density at radius 2 is 2.12 bits per heavy atom. The maximum Gasteiger partial charge on any atom is 0.122 e. The topological polar surface area (TPSA) is 35.2 Å². The summed E-state index contributed by atoms with van der Waals surface area (Å²) in [4.78, 5) is 1.11. The van der Waals surface area contributed by atoms with E-state index in [4.69, 9.17) is 10.5 Å². The van der Waals surface area contributed by atoms with E-state index in [0.29, 0.717) is 6.42 Å². The van der Waals surface area contributed by atoms with Crippen LogP contribution in [-0.2, 0) is 12.8 Å². The predicted molar refractivity (Wildman–Crippen MR) is 71.8 cm³/mol. The number of benzene rings is 1. The highest BCUT2D eigenvalue weighted by Crippen LogP contribution is 2.30. The molecule has 17 heavy (non-hydrogen) atoms. The molecule has 0 aromatic heterocycles. The van der Waals surface area contributed by atoms with E-state index in [1.54, 1.807) is 18.9 Å². The molecule has 1 atom stereocenters. The van der Waals surface area contributed by atoms with Crippen molar-refractivity contribution in [1.29, 1.82) is 0 Å². The number of alkyl halides is 1. The Bertz CT molecular complexity index is 369. The highest BCUT2D eigenvalue weighted by molar-refractivity contribution is 7.98. The van der Waals surface area contributed by atoms with Crippen LogP contribution in [0.5, 0.6) is 5.75 Å². The zero-order valence-electron chi connectivity index (χ0n) is 10.6. The summed E-state index contributed by atoms with van der Waals surface area (Å²) in [6.45, 7) is 1.62. The van der Waals surface area contributed by atoms with Gasteiger partial charge in [0.1, 0.15) is 5.75 Å². The highest BCUT2D eigenvalue weighted by atomic mass is 32.2. The molecule has 1 rings (SSSR count). The molecule has 0 amide bonds. The fourth-order valence-electron chi connectivity index (χ4n) is 1.83. The molecule has 0 heterocycles. The van der Waals surface area contributed by atoms with Crippen LogP contribution in [0.2, 0.25) is 0 Å². The molecule has 0 aliphatic heterocycles. The van der Waals surface area contributed by atoms with Crippen molar-refractivity contribution < 1.29 is 9.13 Å². The molecular weight excluding hydrogens is 237 g/mol. The summed E-state index contributed by atoms with van der Waals surface area (Å²) in [5.41, 5.74) is 7.91. The van der Waals surface area contributed by atoms with Gasteiger partial charge in [-0.3, -0.25) is 4.39 Å². The molecule has 1 aromatic carbocycles. The van der Waals surface area contributed by atoms with Crippen molar-refractivity contribution in [2.75, 3.05) is 20.0 Å². The summed E-state index contributed by atoms with van der Waals surface area (Å²) < 4.78 is 17.8. The second-order valence-corrected chi connectivity index (χ2v) is 4.94. The van der Waals surface area contributed by atoms with Crippen molar-refractivity contribution >= 4 is 11.8 Å². The molecule has 1 unspecified atom stereocenters. The fraction of sp³-hybridized carbons (Fsp3) is 0.538. The predicted octanol–water partition coefficient (Wildman–Crippen LogP) is 2.82. The number of hydrogen-bond donors (Lipinski definition) is 1. The normalized spacial score (nSPS) is 12.5. The van der Waals surface area contributed by atoms with E-state index in [9.17, 15) is 4.39 Å². The molecular formula is C13H20FNOS. The minimum atomic E-state index is -0.344. The van der Waals surface area contributed by atoms with Gasteiger partial charge in [-0.05, 0) is 42.9 Å². The zero-order valence-corrected chi connectivity index (χ0v) is 11.4. The van der Waals surface area contributed by atoms with Gasteiger partial charge in [0.15, 0.2) is 0 Å². The monoisotopic (exact) mass is 257 g/mol. The molecule has 2 N–H and O–H groups in total. The second kappa shape index (κ2) is 6.87. The number of methoxy groups -OCH3 is 1. The first-order chi connectivity index (χ1) is 8.12. The fourth-order valence-corrected chi connectivity index (χ4v) is 2.51. The summed E-state index contributed by atoms with van der Waals surface area (Å²) in [6.07, 6.45) is 3.21. The van der Waals surface area contributed by atoms with E-state index in [2.05, 4.69) is 6.07 Å². The number of thioether (sulfide) groups is 1. The number of ether oxygens (including phenoxy) is 1. The number of halogens is 1. The molecule has 0 aliphatic rings. The molecule has 4 heteroatoms. The lowest BCUT2D eigenvalue weighted by atomic mass is 10.0. The van der Waals surface area contributed by atoms with Gasteiger partial charge in [0.05, 0.1) is 13.8 Å². The third-order valence-electron chi connectivity index (χ3n) is 2.59. The Labute approximate surface area is 107 Å². The van der Waals surface area contributed by atoms with Crippen LogP contribution >= 0.6 is 11.8 Å². The van der Waals surface area contributed by atoms with E-state index in [1.807, 2.05) is 19.2 Å². The smallest absolute Gasteiger partial charge is 0.122 e. The lowest BCUT2D eigenvalue weighted by Crippen LogP contribution is -2.18. The van der Waals surface area contributed by atoms with Gasteiger partial charge < -0.3 is 10.5 Å². The SMILES string of the molecule is COc1cc(CCF)c(SC)cc1CC(C)N. The van der Waals surface area contributed by atoms with Gasteiger partial charge in [0.2, 0.25) is 0 Å². The summed E-state index contributed by atoms with van der Waals surface area (Å²) in [7, 11) is 1.64. The number of aryl methyl sites for hydroxylation is 1. The number of rotatable bonds is 6. The van der Waals surface area contributed by atoms with Crippen LogP contribution in [0.25, 0.3) is 0 Å². The Balaban J connectivity index is 3.12. The molecule has 0 fully saturated rings. The van der Waals surface area contributed by atoms with Crippen LogP contribution in [0, 0.1) is 0 Å². The number of hydrogen-bond acceptors (Lipinski definition) is 3. The van der Waals surface area contributed by atoms with E-state index >= 15 is 0 Å². The maximum atomic E-state index is 12.5. The molecule has 96 valence electrons. The van der Waals surface area contributed by atoms with Crippen molar-refractivity contribution in [3.05, 3.63) is 23.3 Å². The highest BCUT2D eigenvalue weighted by Gasteiger charge is 2.11. The van der Waals surface area contributed by atoms with E-state index in [0.717, 1.165) is 28.2 Å². The number of nitrogens with two attached hydrogens (primary N) is 1. The van der Waals surface area contributed by atoms with Gasteiger partial charge in [-0.2, -0.15) is 0 Å². The Hall–Kier alpha value is -0.740. The van der Waals surface area contributed by atoms with Gasteiger partial charge in [-0.15, -0.1) is 11.8 Å². The van der Waals surface area contributed by atoms with Crippen molar-refractivity contribution in [2.24, 2.45) is 5.73 Å². The first-order valence-corrected chi connectivity index (χ1v) is 6.90. The Morgan fingerprint density at radius 1 is 1.41 bits per heavy atom. The first kappa shape index (κ1) is 14.3. The van der Waals surface area contributed by atoms with Crippen LogP contribution < -0.4 is 10.5 Å². The quantitative estimate of drug-likeness (QED) is 0.796. The molecule has 0 saturated carbocycles. The largest absolute Gasteiger partial charge is 0.496 e. The van der Waals surface area contributed by atoms with Gasteiger partial charge in [-0.25, -0.2) is 0 Å². The molecule has 0 saturated heterocycles. The molecule has 0 spiro atoms. The molecule has 0 bridgehead atoms. The summed E-state index contributed by atoms with van der Waals surface area (Å²) >= 11 is 1.63. The first-order valence-electron chi connectivity index (χ1n) is 5.67. The van der Waals surface area contributed by atoms with Crippen LogP contribution in [0.15, 0.2) is 17.0 Å². The zero-order chi connectivity index (χ0) is 12.8. The molecule has 2 nitrogen and oxygen atoms in total. The van der Waals surface area contributed by atoms with E-state index < -0.39 is 0 Å². The lowest BCUT2D eigenvalue weighted by Gasteiger charge is -2.15. The van der Waals surface area contributed by atoms with E-state index in [-0.39, 0.29) is 12.7 Å². The van der Waals surface area contributed by atoms with Gasteiger partial charge in [0.25, 0.3) is 0 Å². The van der Waals surface area contributed by atoms with E-state index in [1.165, 1.54) is 0 Å². The van der Waals surface area contributed by atoms with Crippen molar-refractivity contribution in [3.63, 3.8) is 0 Å². The second-order valence-electron chi connectivity index (χ2n) is 4.10. The summed E-state index contributed by atoms with van der Waals surface area (Å²) in [5, 5.41) is 0. The van der Waals surface area contributed by atoms with Crippen molar-refractivity contribution in [2.45, 2.75) is 30.7 Å². The lowest BCUT2D eigenvalue weighted by molar-refractivity contribution is 0.406. The summed E-state index contributed by atoms with van der Waals surface area (Å²) in [5.74, 6) is 0.809. The van der Waals surface area contributed by atoms with Gasteiger partial charge in [-0.1, -0.05) is 0 Å². The minimum Gasteiger partial charge on any atom is -0.496 e. The van der Waals surface area contributed by atoms with Crippen molar-refractivity contribution in [3.8, 4) is 5.75 Å². The van der Waals surface area contributed by atoms with Crippen LogP contribution in [0.4, 0.5) is 4.39 Å². The average molecular weight is 257 g/mol. The van der Waals surface area contributed by atoms with Gasteiger partial charge in [0, 0.05) is 17.4 Å². The molecule has 0 radical (unpaired) electrons. The Morgan fingerprint density at radius 3 is 2.59 bits per heavy atom. The third kappa shape index (κ3) is 3.89. The van der Waals surface area contributed by atoms with Crippen LogP contribution in [0.3, 0.4) is 0 Å². The third-order valence-corrected chi connectivity index (χ3v) is 3.41. The van der Waals surface area contributed by atoms with Crippen molar-refractivity contribution in [1.82, 2.24) is 0 Å². The summed E-state index contributed by atoms with van der Waals surface area (Å²) in [6, 6.07) is 4.09. The minimum absolute atomic E-state index is 0.0885. The average Bonchev–Trinajstić information content (AvgIpc) is 2.30. The maximum absolute atomic E-state index is 12.5. The molecule has 0 aliphatic carbocycles. The van der Waals surface area contributed by atoms with Gasteiger partial charge >= 0.3 is 0 Å². The standard InChI is InChI=1S/C13H20FNOS/c1-9(15)6-11-8-13(17-3)10(4-5-14)7-12(11)16-2/h7-9H,4-6,15H2,1-3H3. The Kier molecular flexibility index (Phi) is 5.78. The van der Waals surface area contributed by atoms with Crippen LogP contribution in [-0.4, -0.2) is 26.1 Å².